The zero-order valence-corrected chi connectivity index (χ0v) is 11.3. The molecule has 1 fully saturated rings. The zero-order chi connectivity index (χ0) is 14.1. The first-order valence-electron chi connectivity index (χ1n) is 6.95. The Morgan fingerprint density at radius 3 is 2.80 bits per heavy atom. The highest BCUT2D eigenvalue weighted by molar-refractivity contribution is 5.63. The van der Waals surface area contributed by atoms with E-state index in [0.717, 1.165) is 50.1 Å². The van der Waals surface area contributed by atoms with Crippen LogP contribution in [0.15, 0.2) is 0 Å². The SMILES string of the molecule is N#Cc1c(N)c2c(n1C1CCOCC1)CCN(C=O)C2. The number of fused-ring (bicyclic) bond motifs is 1. The standard InChI is InChI=1S/C14H18N4O2/c15-7-13-14(16)11-8-17(9-19)4-1-12(11)18(13)10-2-5-20-6-3-10/h9-10H,1-6,8,16H2. The van der Waals surface area contributed by atoms with Crippen molar-refractivity contribution in [1.82, 2.24) is 9.47 Å². The Hall–Kier alpha value is -2.00. The highest BCUT2D eigenvalue weighted by atomic mass is 16.5. The van der Waals surface area contributed by atoms with Crippen molar-refractivity contribution in [1.29, 1.82) is 5.26 Å². The molecule has 2 N–H and O–H groups in total. The molecule has 1 saturated heterocycles. The normalized spacial score (nSPS) is 19.4. The molecule has 2 aliphatic heterocycles. The molecule has 0 spiro atoms. The Kier molecular flexibility index (Phi) is 3.36. The molecule has 0 aliphatic carbocycles. The van der Waals surface area contributed by atoms with Gasteiger partial charge in [-0.15, -0.1) is 0 Å². The van der Waals surface area contributed by atoms with Crippen LogP contribution >= 0.6 is 0 Å². The Labute approximate surface area is 117 Å². The second kappa shape index (κ2) is 5.17. The maximum absolute atomic E-state index is 10.9. The van der Waals surface area contributed by atoms with Gasteiger partial charge in [0.1, 0.15) is 11.8 Å². The Morgan fingerprint density at radius 1 is 1.40 bits per heavy atom. The molecule has 1 aromatic heterocycles. The van der Waals surface area contributed by atoms with Crippen LogP contribution < -0.4 is 5.73 Å². The number of hydrogen-bond acceptors (Lipinski definition) is 4. The van der Waals surface area contributed by atoms with Crippen molar-refractivity contribution in [2.75, 3.05) is 25.5 Å². The van der Waals surface area contributed by atoms with E-state index in [1.165, 1.54) is 0 Å². The number of amides is 1. The Bertz CT molecular complexity index is 567. The number of nitrogens with zero attached hydrogens (tertiary/aromatic N) is 3. The number of carbonyl (C=O) groups is 1. The minimum Gasteiger partial charge on any atom is -0.396 e. The molecule has 106 valence electrons. The van der Waals surface area contributed by atoms with Gasteiger partial charge in [-0.1, -0.05) is 0 Å². The first-order chi connectivity index (χ1) is 9.76. The summed E-state index contributed by atoms with van der Waals surface area (Å²) < 4.78 is 7.50. The number of ether oxygens (including phenoxy) is 1. The number of aromatic nitrogens is 1. The molecule has 0 bridgehead atoms. The van der Waals surface area contributed by atoms with Gasteiger partial charge >= 0.3 is 0 Å². The number of hydrogen-bond donors (Lipinski definition) is 1. The quantitative estimate of drug-likeness (QED) is 0.809. The fourth-order valence-electron chi connectivity index (χ4n) is 3.24. The molecule has 3 rings (SSSR count). The average molecular weight is 274 g/mol. The van der Waals surface area contributed by atoms with Crippen molar-refractivity contribution >= 4 is 12.1 Å². The molecule has 0 atom stereocenters. The van der Waals surface area contributed by atoms with E-state index in [9.17, 15) is 10.1 Å². The minimum absolute atomic E-state index is 0.284. The summed E-state index contributed by atoms with van der Waals surface area (Å²) >= 11 is 0. The molecular formula is C14H18N4O2. The fraction of sp³-hybridized carbons (Fsp3) is 0.571. The van der Waals surface area contributed by atoms with Crippen molar-refractivity contribution in [2.45, 2.75) is 31.8 Å². The smallest absolute Gasteiger partial charge is 0.210 e. The van der Waals surface area contributed by atoms with Crippen molar-refractivity contribution in [3.8, 4) is 6.07 Å². The van der Waals surface area contributed by atoms with Crippen LogP contribution in [0.25, 0.3) is 0 Å². The van der Waals surface area contributed by atoms with Gasteiger partial charge in [-0.2, -0.15) is 5.26 Å². The fourth-order valence-corrected chi connectivity index (χ4v) is 3.24. The van der Waals surface area contributed by atoms with Gasteiger partial charge in [0.15, 0.2) is 0 Å². The average Bonchev–Trinajstić information content (AvgIpc) is 2.80. The Morgan fingerprint density at radius 2 is 2.15 bits per heavy atom. The summed E-state index contributed by atoms with van der Waals surface area (Å²) in [6, 6.07) is 2.53. The lowest BCUT2D eigenvalue weighted by Gasteiger charge is -2.29. The van der Waals surface area contributed by atoms with Crippen molar-refractivity contribution in [3.63, 3.8) is 0 Å². The molecule has 0 aromatic carbocycles. The third-order valence-electron chi connectivity index (χ3n) is 4.27. The molecule has 1 amide bonds. The van der Waals surface area contributed by atoms with Crippen LogP contribution in [0, 0.1) is 11.3 Å². The number of anilines is 1. The van der Waals surface area contributed by atoms with Gasteiger partial charge < -0.3 is 19.9 Å². The lowest BCUT2D eigenvalue weighted by molar-refractivity contribution is -0.118. The lowest BCUT2D eigenvalue weighted by Crippen LogP contribution is -2.31. The van der Waals surface area contributed by atoms with E-state index in [1.807, 2.05) is 0 Å². The summed E-state index contributed by atoms with van der Waals surface area (Å²) in [5.74, 6) is 0. The van der Waals surface area contributed by atoms with Crippen LogP contribution in [-0.2, 0) is 22.5 Å². The number of rotatable bonds is 2. The third-order valence-corrected chi connectivity index (χ3v) is 4.27. The van der Waals surface area contributed by atoms with E-state index in [-0.39, 0.29) is 6.04 Å². The molecule has 6 nitrogen and oxygen atoms in total. The van der Waals surface area contributed by atoms with E-state index in [2.05, 4.69) is 10.6 Å². The molecule has 2 aliphatic rings. The summed E-state index contributed by atoms with van der Waals surface area (Å²) in [6.45, 7) is 2.65. The summed E-state index contributed by atoms with van der Waals surface area (Å²) in [7, 11) is 0. The maximum atomic E-state index is 10.9. The molecular weight excluding hydrogens is 256 g/mol. The summed E-state index contributed by atoms with van der Waals surface area (Å²) in [5.41, 5.74) is 9.31. The number of nitriles is 1. The Balaban J connectivity index is 2.05. The van der Waals surface area contributed by atoms with Crippen LogP contribution in [0.1, 0.15) is 35.8 Å². The number of carbonyl (C=O) groups excluding carboxylic acids is 1. The van der Waals surface area contributed by atoms with E-state index in [0.29, 0.717) is 24.5 Å². The summed E-state index contributed by atoms with van der Waals surface area (Å²) in [5, 5.41) is 9.44. The van der Waals surface area contributed by atoms with E-state index in [4.69, 9.17) is 10.5 Å². The molecule has 6 heteroatoms. The largest absolute Gasteiger partial charge is 0.396 e. The highest BCUT2D eigenvalue weighted by Gasteiger charge is 2.30. The van der Waals surface area contributed by atoms with Crippen LogP contribution in [0.5, 0.6) is 0 Å². The molecule has 3 heterocycles. The van der Waals surface area contributed by atoms with Gasteiger partial charge in [-0.25, -0.2) is 0 Å². The van der Waals surface area contributed by atoms with Crippen LogP contribution in [0.3, 0.4) is 0 Å². The highest BCUT2D eigenvalue weighted by Crippen LogP contribution is 2.35. The third kappa shape index (κ3) is 1.95. The second-order valence-corrected chi connectivity index (χ2v) is 5.34. The zero-order valence-electron chi connectivity index (χ0n) is 11.3. The van der Waals surface area contributed by atoms with Crippen molar-refractivity contribution in [3.05, 3.63) is 17.0 Å². The van der Waals surface area contributed by atoms with Gasteiger partial charge in [0.25, 0.3) is 0 Å². The molecule has 0 unspecified atom stereocenters. The van der Waals surface area contributed by atoms with Gasteiger partial charge in [-0.3, -0.25) is 4.79 Å². The predicted molar refractivity (Wildman–Crippen MR) is 72.8 cm³/mol. The molecule has 0 saturated carbocycles. The summed E-state index contributed by atoms with van der Waals surface area (Å²) in [4.78, 5) is 12.6. The number of nitrogens with two attached hydrogens (primary N) is 1. The maximum Gasteiger partial charge on any atom is 0.210 e. The lowest BCUT2D eigenvalue weighted by atomic mass is 10.1. The van der Waals surface area contributed by atoms with Gasteiger partial charge in [0, 0.05) is 50.0 Å². The van der Waals surface area contributed by atoms with Gasteiger partial charge in [0.2, 0.25) is 6.41 Å². The predicted octanol–water partition coefficient (Wildman–Crippen LogP) is 0.808. The number of nitrogen functional groups attached to an aromatic ring is 1. The van der Waals surface area contributed by atoms with Gasteiger partial charge in [-0.05, 0) is 12.8 Å². The van der Waals surface area contributed by atoms with Gasteiger partial charge in [0.05, 0.1) is 5.69 Å². The minimum atomic E-state index is 0.284. The van der Waals surface area contributed by atoms with Crippen LogP contribution in [-0.4, -0.2) is 35.6 Å². The topological polar surface area (TPSA) is 84.3 Å². The molecule has 20 heavy (non-hydrogen) atoms. The first kappa shape index (κ1) is 13.0. The summed E-state index contributed by atoms with van der Waals surface area (Å²) in [6.07, 6.45) is 3.43. The van der Waals surface area contributed by atoms with Crippen LogP contribution in [0.2, 0.25) is 0 Å². The van der Waals surface area contributed by atoms with E-state index < -0.39 is 0 Å². The molecule has 1 aromatic rings. The van der Waals surface area contributed by atoms with E-state index >= 15 is 0 Å². The van der Waals surface area contributed by atoms with Crippen molar-refractivity contribution < 1.29 is 9.53 Å². The monoisotopic (exact) mass is 274 g/mol. The molecule has 0 radical (unpaired) electrons. The van der Waals surface area contributed by atoms with Crippen molar-refractivity contribution in [2.24, 2.45) is 0 Å². The first-order valence-corrected chi connectivity index (χ1v) is 6.95. The van der Waals surface area contributed by atoms with E-state index in [1.54, 1.807) is 4.90 Å². The second-order valence-electron chi connectivity index (χ2n) is 5.34. The van der Waals surface area contributed by atoms with Crippen LogP contribution in [0.4, 0.5) is 5.69 Å².